The summed E-state index contributed by atoms with van der Waals surface area (Å²) in [6.07, 6.45) is 3.59. The number of pyridine rings is 1. The number of fused-ring (bicyclic) bond motifs is 1. The first-order valence-electron chi connectivity index (χ1n) is 10.2. The molecule has 1 aromatic carbocycles. The van der Waals surface area contributed by atoms with E-state index < -0.39 is 0 Å². The number of methoxy groups -OCH3 is 3. The van der Waals surface area contributed by atoms with Crippen molar-refractivity contribution in [2.45, 2.75) is 19.4 Å². The number of rotatable bonds is 7. The van der Waals surface area contributed by atoms with E-state index in [1.165, 1.54) is 0 Å². The maximum absolute atomic E-state index is 12.9. The summed E-state index contributed by atoms with van der Waals surface area (Å²) in [6.45, 7) is 1.94. The van der Waals surface area contributed by atoms with Crippen LogP contribution in [-0.2, 0) is 11.3 Å². The predicted octanol–water partition coefficient (Wildman–Crippen LogP) is 3.25. The van der Waals surface area contributed by atoms with Crippen molar-refractivity contribution in [3.8, 4) is 17.2 Å². The fourth-order valence-electron chi connectivity index (χ4n) is 3.83. The molecule has 9 heteroatoms. The summed E-state index contributed by atoms with van der Waals surface area (Å²) in [6, 6.07) is 7.56. The molecule has 31 heavy (non-hydrogen) atoms. The third-order valence-corrected chi connectivity index (χ3v) is 6.45. The molecule has 1 N–H and O–H groups in total. The second kappa shape index (κ2) is 9.38. The number of hydrogen-bond acceptors (Lipinski definition) is 8. The molecule has 4 rings (SSSR count). The highest BCUT2D eigenvalue weighted by Gasteiger charge is 2.27. The number of piperidine rings is 1. The van der Waals surface area contributed by atoms with E-state index in [0.717, 1.165) is 40.4 Å². The number of nitrogens with one attached hydrogen (secondary N) is 1. The molecule has 1 saturated heterocycles. The van der Waals surface area contributed by atoms with Gasteiger partial charge in [-0.3, -0.25) is 4.79 Å². The molecule has 0 unspecified atom stereocenters. The predicted molar refractivity (Wildman–Crippen MR) is 120 cm³/mol. The molecule has 1 fully saturated rings. The Morgan fingerprint density at radius 3 is 2.68 bits per heavy atom. The van der Waals surface area contributed by atoms with Crippen molar-refractivity contribution >= 4 is 32.7 Å². The molecule has 1 aliphatic rings. The summed E-state index contributed by atoms with van der Waals surface area (Å²) < 4.78 is 16.1. The molecule has 1 amide bonds. The van der Waals surface area contributed by atoms with Gasteiger partial charge in [0, 0.05) is 25.8 Å². The Balaban J connectivity index is 1.41. The standard InChI is InChI=1S/C22H26N4O4S/c1-28-17-10-14(11-18(29-2)19(17)30-3)12-24-20(27)15-6-5-9-26(13-15)22-25-16-7-4-8-23-21(16)31-22/h4,7-8,10-11,15H,5-6,9,12-13H2,1-3H3,(H,24,27)/t15-/m1/s1. The van der Waals surface area contributed by atoms with Gasteiger partial charge in [0.2, 0.25) is 11.7 Å². The van der Waals surface area contributed by atoms with Crippen LogP contribution in [0.4, 0.5) is 5.13 Å². The number of thiazole rings is 1. The molecule has 0 saturated carbocycles. The van der Waals surface area contributed by atoms with E-state index in [9.17, 15) is 4.79 Å². The van der Waals surface area contributed by atoms with Crippen LogP contribution in [0.5, 0.6) is 17.2 Å². The number of nitrogens with zero attached hydrogens (tertiary/aromatic N) is 3. The van der Waals surface area contributed by atoms with Gasteiger partial charge in [0.25, 0.3) is 0 Å². The zero-order valence-corrected chi connectivity index (χ0v) is 18.7. The molecular weight excluding hydrogens is 416 g/mol. The summed E-state index contributed by atoms with van der Waals surface area (Å²) in [5.41, 5.74) is 1.78. The number of anilines is 1. The van der Waals surface area contributed by atoms with E-state index in [2.05, 4.69) is 20.2 Å². The zero-order chi connectivity index (χ0) is 21.8. The van der Waals surface area contributed by atoms with Crippen molar-refractivity contribution in [1.29, 1.82) is 0 Å². The minimum Gasteiger partial charge on any atom is -0.493 e. The van der Waals surface area contributed by atoms with Gasteiger partial charge in [-0.15, -0.1) is 0 Å². The molecule has 0 radical (unpaired) electrons. The highest BCUT2D eigenvalue weighted by Crippen LogP contribution is 2.38. The van der Waals surface area contributed by atoms with Crippen LogP contribution in [-0.4, -0.2) is 50.3 Å². The molecule has 0 bridgehead atoms. The number of hydrogen-bond donors (Lipinski definition) is 1. The monoisotopic (exact) mass is 442 g/mol. The molecule has 3 heterocycles. The number of amides is 1. The Kier molecular flexibility index (Phi) is 6.41. The normalized spacial score (nSPS) is 16.2. The van der Waals surface area contributed by atoms with Gasteiger partial charge in [-0.2, -0.15) is 0 Å². The molecule has 8 nitrogen and oxygen atoms in total. The van der Waals surface area contributed by atoms with Crippen LogP contribution in [0, 0.1) is 5.92 Å². The van der Waals surface area contributed by atoms with Gasteiger partial charge in [0.1, 0.15) is 10.3 Å². The van der Waals surface area contributed by atoms with Gasteiger partial charge < -0.3 is 24.4 Å². The van der Waals surface area contributed by atoms with Crippen LogP contribution in [0.1, 0.15) is 18.4 Å². The maximum atomic E-state index is 12.9. The maximum Gasteiger partial charge on any atom is 0.225 e. The third-order valence-electron chi connectivity index (χ3n) is 5.41. The minimum atomic E-state index is -0.0873. The molecule has 3 aromatic rings. The van der Waals surface area contributed by atoms with Crippen molar-refractivity contribution in [2.75, 3.05) is 39.3 Å². The molecule has 0 aliphatic carbocycles. The Hall–Kier alpha value is -3.07. The lowest BCUT2D eigenvalue weighted by molar-refractivity contribution is -0.125. The largest absolute Gasteiger partial charge is 0.493 e. The fraction of sp³-hybridized carbons (Fsp3) is 0.409. The Morgan fingerprint density at radius 2 is 2.00 bits per heavy atom. The van der Waals surface area contributed by atoms with E-state index in [-0.39, 0.29) is 11.8 Å². The zero-order valence-electron chi connectivity index (χ0n) is 17.9. The first kappa shape index (κ1) is 21.2. The van der Waals surface area contributed by atoms with Crippen molar-refractivity contribution in [3.63, 3.8) is 0 Å². The van der Waals surface area contributed by atoms with Crippen LogP contribution in [0.3, 0.4) is 0 Å². The van der Waals surface area contributed by atoms with Gasteiger partial charge in [0.05, 0.1) is 27.2 Å². The van der Waals surface area contributed by atoms with E-state index in [4.69, 9.17) is 14.2 Å². The van der Waals surface area contributed by atoms with Crippen LogP contribution in [0.2, 0.25) is 0 Å². The molecule has 0 spiro atoms. The van der Waals surface area contributed by atoms with Crippen molar-refractivity contribution in [1.82, 2.24) is 15.3 Å². The molecule has 1 atom stereocenters. The van der Waals surface area contributed by atoms with Gasteiger partial charge in [-0.25, -0.2) is 9.97 Å². The van der Waals surface area contributed by atoms with Crippen molar-refractivity contribution < 1.29 is 19.0 Å². The first-order chi connectivity index (χ1) is 15.1. The van der Waals surface area contributed by atoms with E-state index in [1.54, 1.807) is 38.9 Å². The molecule has 164 valence electrons. The number of aromatic nitrogens is 2. The summed E-state index contributed by atoms with van der Waals surface area (Å²) in [4.78, 5) is 25.1. The number of carbonyl (C=O) groups is 1. The molecule has 1 aliphatic heterocycles. The second-order valence-electron chi connectivity index (χ2n) is 7.36. The molecular formula is C22H26N4O4S. The Bertz CT molecular complexity index is 1010. The van der Waals surface area contributed by atoms with Crippen molar-refractivity contribution in [3.05, 3.63) is 36.0 Å². The van der Waals surface area contributed by atoms with Crippen molar-refractivity contribution in [2.24, 2.45) is 5.92 Å². The topological polar surface area (TPSA) is 85.8 Å². The average Bonchev–Trinajstić information content (AvgIpc) is 3.26. The highest BCUT2D eigenvalue weighted by molar-refractivity contribution is 7.21. The van der Waals surface area contributed by atoms with Crippen LogP contribution in [0.15, 0.2) is 30.5 Å². The highest BCUT2D eigenvalue weighted by atomic mass is 32.1. The van der Waals surface area contributed by atoms with Gasteiger partial charge in [-0.05, 0) is 42.7 Å². The lowest BCUT2D eigenvalue weighted by Gasteiger charge is -2.31. The lowest BCUT2D eigenvalue weighted by atomic mass is 9.97. The summed E-state index contributed by atoms with van der Waals surface area (Å²) in [5.74, 6) is 1.63. The summed E-state index contributed by atoms with van der Waals surface area (Å²) in [5, 5.41) is 3.99. The average molecular weight is 443 g/mol. The number of ether oxygens (including phenoxy) is 3. The van der Waals surface area contributed by atoms with E-state index >= 15 is 0 Å². The summed E-state index contributed by atoms with van der Waals surface area (Å²) in [7, 11) is 4.72. The van der Waals surface area contributed by atoms with Crippen LogP contribution >= 0.6 is 11.3 Å². The minimum absolute atomic E-state index is 0.0395. The van der Waals surface area contributed by atoms with E-state index in [1.807, 2.05) is 24.3 Å². The SMILES string of the molecule is COc1cc(CNC(=O)[C@@H]2CCCN(c3nc4cccnc4s3)C2)cc(OC)c1OC. The Labute approximate surface area is 185 Å². The number of benzene rings is 1. The van der Waals surface area contributed by atoms with Crippen LogP contribution < -0.4 is 24.4 Å². The summed E-state index contributed by atoms with van der Waals surface area (Å²) >= 11 is 1.57. The number of carbonyl (C=O) groups excluding carboxylic acids is 1. The van der Waals surface area contributed by atoms with Gasteiger partial charge >= 0.3 is 0 Å². The third kappa shape index (κ3) is 4.51. The smallest absolute Gasteiger partial charge is 0.225 e. The Morgan fingerprint density at radius 1 is 1.23 bits per heavy atom. The quantitative estimate of drug-likeness (QED) is 0.601. The van der Waals surface area contributed by atoms with E-state index in [0.29, 0.717) is 30.3 Å². The van der Waals surface area contributed by atoms with Gasteiger partial charge in [0.15, 0.2) is 16.6 Å². The second-order valence-corrected chi connectivity index (χ2v) is 8.32. The first-order valence-corrected chi connectivity index (χ1v) is 11.0. The lowest BCUT2D eigenvalue weighted by Crippen LogP contribution is -2.42. The fourth-order valence-corrected chi connectivity index (χ4v) is 4.77. The van der Waals surface area contributed by atoms with Crippen LogP contribution in [0.25, 0.3) is 10.3 Å². The molecule has 2 aromatic heterocycles. The van der Waals surface area contributed by atoms with Gasteiger partial charge in [-0.1, -0.05) is 11.3 Å².